The van der Waals surface area contributed by atoms with E-state index in [4.69, 9.17) is 0 Å². The Labute approximate surface area is 219 Å². The largest absolute Gasteiger partial charge is 0.355 e. The number of nitrogens with one attached hydrogen (secondary N) is 2. The number of hydrogen-bond acceptors (Lipinski definition) is 8. The molecule has 0 spiro atoms. The Morgan fingerprint density at radius 1 is 1.08 bits per heavy atom. The van der Waals surface area contributed by atoms with Gasteiger partial charge in [-0.3, -0.25) is 18.9 Å². The van der Waals surface area contributed by atoms with Crippen molar-refractivity contribution in [1.82, 2.24) is 15.3 Å². The Hall–Kier alpha value is -3.51. The van der Waals surface area contributed by atoms with Crippen LogP contribution in [0.3, 0.4) is 0 Å². The van der Waals surface area contributed by atoms with E-state index in [0.29, 0.717) is 30.9 Å². The molecule has 3 aromatic rings. The number of aromatic nitrogens is 2. The summed E-state index contributed by atoms with van der Waals surface area (Å²) in [6.07, 6.45) is 8.26. The molecule has 1 saturated heterocycles. The molecule has 37 heavy (non-hydrogen) atoms. The fourth-order valence-electron chi connectivity index (χ4n) is 4.71. The lowest BCUT2D eigenvalue weighted by molar-refractivity contribution is -0.136. The van der Waals surface area contributed by atoms with E-state index >= 15 is 0 Å². The number of anilines is 3. The molecule has 2 N–H and O–H groups in total. The molecule has 1 aromatic carbocycles. The van der Waals surface area contributed by atoms with Gasteiger partial charge in [0.15, 0.2) is 0 Å². The maximum atomic E-state index is 13.2. The Balaban J connectivity index is 1.17. The first kappa shape index (κ1) is 25.2. The smallest absolute Gasteiger partial charge is 0.313 e. The number of amides is 2. The molecule has 2 aliphatic rings. The van der Waals surface area contributed by atoms with Crippen LogP contribution in [0, 0.1) is 5.92 Å². The molecule has 0 aliphatic carbocycles. The third-order valence-corrected chi connectivity index (χ3v) is 9.89. The van der Waals surface area contributed by atoms with Crippen LogP contribution in [0.25, 0.3) is 0 Å². The summed E-state index contributed by atoms with van der Waals surface area (Å²) in [5.74, 6) is -0.377. The molecule has 2 amide bonds. The van der Waals surface area contributed by atoms with E-state index in [1.54, 1.807) is 48.2 Å². The van der Waals surface area contributed by atoms with E-state index in [-0.39, 0.29) is 10.1 Å². The van der Waals surface area contributed by atoms with Gasteiger partial charge < -0.3 is 15.5 Å². The maximum Gasteiger partial charge on any atom is 0.313 e. The first-order valence-corrected chi connectivity index (χ1v) is 14.5. The number of fused-ring (bicyclic) bond motifs is 1. The van der Waals surface area contributed by atoms with Crippen LogP contribution in [-0.2, 0) is 26.0 Å². The van der Waals surface area contributed by atoms with Crippen LogP contribution in [-0.4, -0.2) is 56.4 Å². The molecule has 1 fully saturated rings. The molecule has 0 saturated carbocycles. The quantitative estimate of drug-likeness (QED) is 0.461. The zero-order valence-electron chi connectivity index (χ0n) is 20.2. The highest BCUT2D eigenvalue weighted by atomic mass is 32.2. The number of carbonyl (C=O) groups excluding carboxylic acids is 2. The summed E-state index contributed by atoms with van der Waals surface area (Å²) < 4.78 is 28.0. The number of aryl methyl sites for hydroxylation is 1. The zero-order chi connectivity index (χ0) is 25.8. The van der Waals surface area contributed by atoms with Crippen LogP contribution in [0.1, 0.15) is 24.8 Å². The van der Waals surface area contributed by atoms with Gasteiger partial charge in [0, 0.05) is 44.3 Å². The van der Waals surface area contributed by atoms with Crippen molar-refractivity contribution in [3.63, 3.8) is 0 Å². The van der Waals surface area contributed by atoms with Gasteiger partial charge >= 0.3 is 11.8 Å². The van der Waals surface area contributed by atoms with Crippen molar-refractivity contribution in [2.24, 2.45) is 5.92 Å². The van der Waals surface area contributed by atoms with E-state index < -0.39 is 21.8 Å². The SMILES string of the molecule is O=C(NCC1CCN(c2cnccn2)CC1)C(=O)Nc1ccc2c(c1)N(S(=O)(=O)c1cccs1)CCC2. The second-order valence-electron chi connectivity index (χ2n) is 9.11. The minimum atomic E-state index is -3.69. The van der Waals surface area contributed by atoms with Gasteiger partial charge in [-0.25, -0.2) is 13.4 Å². The lowest BCUT2D eigenvalue weighted by Gasteiger charge is -2.32. The summed E-state index contributed by atoms with van der Waals surface area (Å²) in [7, 11) is -3.69. The van der Waals surface area contributed by atoms with Crippen molar-refractivity contribution in [2.45, 2.75) is 29.9 Å². The highest BCUT2D eigenvalue weighted by Gasteiger charge is 2.30. The molecule has 5 rings (SSSR count). The van der Waals surface area contributed by atoms with Gasteiger partial charge in [0.1, 0.15) is 10.0 Å². The molecule has 0 unspecified atom stereocenters. The summed E-state index contributed by atoms with van der Waals surface area (Å²) in [5.41, 5.74) is 1.80. The number of sulfonamides is 1. The van der Waals surface area contributed by atoms with Crippen LogP contribution < -0.4 is 19.8 Å². The van der Waals surface area contributed by atoms with Crippen molar-refractivity contribution >= 4 is 50.4 Å². The standard InChI is InChI=1S/C25H28N6O4S2/c32-24(28-16-18-7-12-30(13-8-18)22-17-26-9-10-27-22)25(33)29-20-6-5-19-3-1-11-31(21(19)15-20)37(34,35)23-4-2-14-36-23/h2,4-6,9-10,14-15,17-18H,1,3,7-8,11-13,16H2,(H,28,32)(H,29,33). The number of rotatable bonds is 6. The fourth-order valence-corrected chi connectivity index (χ4v) is 7.35. The number of carbonyl (C=O) groups is 2. The summed E-state index contributed by atoms with van der Waals surface area (Å²) in [4.78, 5) is 35.7. The average molecular weight is 541 g/mol. The molecular weight excluding hydrogens is 512 g/mol. The molecule has 10 nitrogen and oxygen atoms in total. The summed E-state index contributed by atoms with van der Waals surface area (Å²) in [6.45, 7) is 2.40. The summed E-state index contributed by atoms with van der Waals surface area (Å²) in [5, 5.41) is 7.09. The van der Waals surface area contributed by atoms with Gasteiger partial charge in [0.05, 0.1) is 11.9 Å². The Morgan fingerprint density at radius 3 is 2.65 bits per heavy atom. The van der Waals surface area contributed by atoms with E-state index in [1.807, 2.05) is 6.07 Å². The lowest BCUT2D eigenvalue weighted by Crippen LogP contribution is -2.42. The van der Waals surface area contributed by atoms with E-state index in [9.17, 15) is 18.0 Å². The number of hydrogen-bond donors (Lipinski definition) is 2. The third-order valence-electron chi connectivity index (χ3n) is 6.70. The molecule has 194 valence electrons. The first-order chi connectivity index (χ1) is 17.9. The second kappa shape index (κ2) is 10.9. The predicted octanol–water partition coefficient (Wildman–Crippen LogP) is 2.65. The van der Waals surface area contributed by atoms with Gasteiger partial charge in [-0.15, -0.1) is 11.3 Å². The molecule has 12 heteroatoms. The summed E-state index contributed by atoms with van der Waals surface area (Å²) in [6, 6.07) is 8.44. The van der Waals surface area contributed by atoms with Crippen molar-refractivity contribution in [1.29, 1.82) is 0 Å². The van der Waals surface area contributed by atoms with Gasteiger partial charge in [-0.05, 0) is 60.7 Å². The van der Waals surface area contributed by atoms with Crippen molar-refractivity contribution in [2.75, 3.05) is 40.7 Å². The highest BCUT2D eigenvalue weighted by molar-refractivity contribution is 7.94. The zero-order valence-corrected chi connectivity index (χ0v) is 21.8. The first-order valence-electron chi connectivity index (χ1n) is 12.2. The minimum absolute atomic E-state index is 0.268. The van der Waals surface area contributed by atoms with Crippen molar-refractivity contribution in [3.8, 4) is 0 Å². The maximum absolute atomic E-state index is 13.2. The molecular formula is C25H28N6O4S2. The number of nitrogens with zero attached hydrogens (tertiary/aromatic N) is 4. The Bertz CT molecular complexity index is 1360. The normalized spacial score (nSPS) is 16.2. The Morgan fingerprint density at radius 2 is 1.92 bits per heavy atom. The molecule has 2 aliphatic heterocycles. The topological polar surface area (TPSA) is 125 Å². The van der Waals surface area contributed by atoms with E-state index in [2.05, 4.69) is 25.5 Å². The van der Waals surface area contributed by atoms with E-state index in [0.717, 1.165) is 43.7 Å². The molecule has 0 radical (unpaired) electrons. The second-order valence-corrected chi connectivity index (χ2v) is 12.2. The van der Waals surface area contributed by atoms with Crippen LogP contribution in [0.15, 0.2) is 58.5 Å². The molecule has 4 heterocycles. The Kier molecular flexibility index (Phi) is 7.38. The van der Waals surface area contributed by atoms with E-state index in [1.165, 1.54) is 15.6 Å². The highest BCUT2D eigenvalue weighted by Crippen LogP contribution is 2.35. The van der Waals surface area contributed by atoms with Gasteiger partial charge in [0.2, 0.25) is 0 Å². The molecule has 2 aromatic heterocycles. The summed E-state index contributed by atoms with van der Waals surface area (Å²) >= 11 is 1.17. The van der Waals surface area contributed by atoms with Crippen LogP contribution >= 0.6 is 11.3 Å². The van der Waals surface area contributed by atoms with Crippen molar-refractivity contribution in [3.05, 3.63) is 59.9 Å². The lowest BCUT2D eigenvalue weighted by atomic mass is 9.97. The minimum Gasteiger partial charge on any atom is -0.355 e. The number of benzene rings is 1. The predicted molar refractivity (Wildman–Crippen MR) is 142 cm³/mol. The number of thiophene rings is 1. The number of piperidine rings is 1. The third kappa shape index (κ3) is 5.59. The molecule has 0 bridgehead atoms. The van der Waals surface area contributed by atoms with Crippen LogP contribution in [0.5, 0.6) is 0 Å². The van der Waals surface area contributed by atoms with Gasteiger partial charge in [0.25, 0.3) is 10.0 Å². The molecule has 0 atom stereocenters. The average Bonchev–Trinajstić information content (AvgIpc) is 3.48. The van der Waals surface area contributed by atoms with Crippen LogP contribution in [0.4, 0.5) is 17.2 Å². The van der Waals surface area contributed by atoms with Crippen molar-refractivity contribution < 1.29 is 18.0 Å². The van der Waals surface area contributed by atoms with Crippen LogP contribution in [0.2, 0.25) is 0 Å². The van der Waals surface area contributed by atoms with Gasteiger partial charge in [-0.1, -0.05) is 12.1 Å². The monoisotopic (exact) mass is 540 g/mol. The fraction of sp³-hybridized carbons (Fsp3) is 0.360. The van der Waals surface area contributed by atoms with Gasteiger partial charge in [-0.2, -0.15) is 0 Å².